The zero-order valence-corrected chi connectivity index (χ0v) is 15.6. The summed E-state index contributed by atoms with van der Waals surface area (Å²) in [5, 5.41) is 3.24. The highest BCUT2D eigenvalue weighted by Crippen LogP contribution is 2.24. The van der Waals surface area contributed by atoms with Crippen molar-refractivity contribution in [3.63, 3.8) is 0 Å². The Hall–Kier alpha value is -2.37. The van der Waals surface area contributed by atoms with Gasteiger partial charge in [-0.1, -0.05) is 32.3 Å². The molecule has 6 nitrogen and oxygen atoms in total. The van der Waals surface area contributed by atoms with Crippen LogP contribution in [0, 0.1) is 0 Å². The van der Waals surface area contributed by atoms with Crippen molar-refractivity contribution in [2.75, 3.05) is 0 Å². The van der Waals surface area contributed by atoms with Gasteiger partial charge in [-0.3, -0.25) is 4.98 Å². The molecule has 2 amide bonds. The molecule has 2 heterocycles. The number of hydrogen-bond acceptors (Lipinski definition) is 3. The molecule has 140 valence electrons. The minimum atomic E-state index is 0.0349. The van der Waals surface area contributed by atoms with E-state index in [1.54, 1.807) is 18.7 Å². The number of carbonyl (C=O) groups excluding carboxylic acids is 1. The SMILES string of the molecule is CCC(Cn1ccnc1)NC(=O)N(Cc1cccnc1)C1CCCCC1. The van der Waals surface area contributed by atoms with Crippen molar-refractivity contribution in [3.05, 3.63) is 48.8 Å². The zero-order valence-electron chi connectivity index (χ0n) is 15.6. The van der Waals surface area contributed by atoms with E-state index in [0.29, 0.717) is 12.6 Å². The number of nitrogens with one attached hydrogen (secondary N) is 1. The van der Waals surface area contributed by atoms with Gasteiger partial charge < -0.3 is 14.8 Å². The molecular weight excluding hydrogens is 326 g/mol. The van der Waals surface area contributed by atoms with E-state index in [2.05, 4.69) is 22.2 Å². The van der Waals surface area contributed by atoms with Crippen molar-refractivity contribution >= 4 is 6.03 Å². The van der Waals surface area contributed by atoms with Crippen LogP contribution in [-0.4, -0.2) is 37.5 Å². The lowest BCUT2D eigenvalue weighted by Crippen LogP contribution is -2.50. The predicted octanol–water partition coefficient (Wildman–Crippen LogP) is 3.60. The second kappa shape index (κ2) is 9.36. The highest BCUT2D eigenvalue weighted by Gasteiger charge is 2.27. The average molecular weight is 355 g/mol. The number of aromatic nitrogens is 3. The Bertz CT molecular complexity index is 652. The molecule has 1 atom stereocenters. The lowest BCUT2D eigenvalue weighted by Gasteiger charge is -2.35. The van der Waals surface area contributed by atoms with E-state index in [-0.39, 0.29) is 12.1 Å². The second-order valence-electron chi connectivity index (χ2n) is 7.10. The minimum absolute atomic E-state index is 0.0349. The largest absolute Gasteiger partial charge is 0.335 e. The van der Waals surface area contributed by atoms with Crippen LogP contribution in [0.25, 0.3) is 0 Å². The number of amides is 2. The van der Waals surface area contributed by atoms with Gasteiger partial charge in [0.2, 0.25) is 0 Å². The predicted molar refractivity (Wildman–Crippen MR) is 101 cm³/mol. The highest BCUT2D eigenvalue weighted by molar-refractivity contribution is 5.75. The maximum Gasteiger partial charge on any atom is 0.318 e. The number of imidazole rings is 1. The van der Waals surface area contributed by atoms with Gasteiger partial charge in [-0.15, -0.1) is 0 Å². The van der Waals surface area contributed by atoms with Crippen LogP contribution in [0.5, 0.6) is 0 Å². The van der Waals surface area contributed by atoms with Gasteiger partial charge in [0.25, 0.3) is 0 Å². The van der Waals surface area contributed by atoms with Crippen molar-refractivity contribution in [1.29, 1.82) is 0 Å². The molecule has 1 N–H and O–H groups in total. The van der Waals surface area contributed by atoms with E-state index < -0.39 is 0 Å². The number of pyridine rings is 1. The Morgan fingerprint density at radius 2 is 2.15 bits per heavy atom. The van der Waals surface area contributed by atoms with E-state index >= 15 is 0 Å². The first kappa shape index (κ1) is 18.4. The maximum atomic E-state index is 13.1. The van der Waals surface area contributed by atoms with Gasteiger partial charge in [-0.05, 0) is 30.9 Å². The normalized spacial score (nSPS) is 16.2. The minimum Gasteiger partial charge on any atom is -0.335 e. The lowest BCUT2D eigenvalue weighted by molar-refractivity contribution is 0.146. The van der Waals surface area contributed by atoms with E-state index in [1.165, 1.54) is 19.3 Å². The topological polar surface area (TPSA) is 63.1 Å². The average Bonchev–Trinajstić information content (AvgIpc) is 3.20. The van der Waals surface area contributed by atoms with Gasteiger partial charge >= 0.3 is 6.03 Å². The summed E-state index contributed by atoms with van der Waals surface area (Å²) in [6.07, 6.45) is 15.9. The van der Waals surface area contributed by atoms with Gasteiger partial charge in [0.15, 0.2) is 0 Å². The molecule has 0 bridgehead atoms. The molecule has 26 heavy (non-hydrogen) atoms. The van der Waals surface area contributed by atoms with E-state index in [0.717, 1.165) is 31.4 Å². The molecule has 0 radical (unpaired) electrons. The monoisotopic (exact) mass is 355 g/mol. The summed E-state index contributed by atoms with van der Waals surface area (Å²) >= 11 is 0. The van der Waals surface area contributed by atoms with Gasteiger partial charge in [0.1, 0.15) is 0 Å². The fraction of sp³-hybridized carbons (Fsp3) is 0.550. The Balaban J connectivity index is 1.68. The number of hydrogen-bond donors (Lipinski definition) is 1. The molecule has 1 aliphatic carbocycles. The summed E-state index contributed by atoms with van der Waals surface area (Å²) in [4.78, 5) is 23.4. The molecule has 0 aliphatic heterocycles. The molecular formula is C20H29N5O. The van der Waals surface area contributed by atoms with Crippen LogP contribution < -0.4 is 5.32 Å². The number of carbonyl (C=O) groups is 1. The molecule has 2 aromatic heterocycles. The number of urea groups is 1. The van der Waals surface area contributed by atoms with Crippen molar-refractivity contribution in [1.82, 2.24) is 24.8 Å². The van der Waals surface area contributed by atoms with Crippen molar-refractivity contribution in [3.8, 4) is 0 Å². The lowest BCUT2D eigenvalue weighted by atomic mass is 9.94. The van der Waals surface area contributed by atoms with Crippen LogP contribution in [0.15, 0.2) is 43.2 Å². The van der Waals surface area contributed by atoms with Crippen LogP contribution >= 0.6 is 0 Å². The first-order valence-corrected chi connectivity index (χ1v) is 9.68. The smallest absolute Gasteiger partial charge is 0.318 e. The van der Waals surface area contributed by atoms with Gasteiger partial charge in [-0.25, -0.2) is 9.78 Å². The third kappa shape index (κ3) is 5.07. The Morgan fingerprint density at radius 3 is 2.81 bits per heavy atom. The first-order valence-electron chi connectivity index (χ1n) is 9.68. The fourth-order valence-corrected chi connectivity index (χ4v) is 3.63. The molecule has 3 rings (SSSR count). The van der Waals surface area contributed by atoms with Crippen LogP contribution in [0.3, 0.4) is 0 Å². The van der Waals surface area contributed by atoms with Crippen LogP contribution in [0.4, 0.5) is 4.79 Å². The molecule has 1 unspecified atom stereocenters. The summed E-state index contributed by atoms with van der Waals surface area (Å²) in [6.45, 7) is 3.47. The summed E-state index contributed by atoms with van der Waals surface area (Å²) in [5.41, 5.74) is 1.08. The van der Waals surface area contributed by atoms with Crippen molar-refractivity contribution in [2.24, 2.45) is 0 Å². The number of nitrogens with zero attached hydrogens (tertiary/aromatic N) is 4. The third-order valence-electron chi connectivity index (χ3n) is 5.16. The van der Waals surface area contributed by atoms with E-state index in [4.69, 9.17) is 0 Å². The third-order valence-corrected chi connectivity index (χ3v) is 5.16. The van der Waals surface area contributed by atoms with Crippen molar-refractivity contribution in [2.45, 2.75) is 70.6 Å². The molecule has 1 saturated carbocycles. The Morgan fingerprint density at radius 1 is 1.31 bits per heavy atom. The van der Waals surface area contributed by atoms with Gasteiger partial charge in [-0.2, -0.15) is 0 Å². The maximum absolute atomic E-state index is 13.1. The van der Waals surface area contributed by atoms with Crippen LogP contribution in [0.1, 0.15) is 51.0 Å². The van der Waals surface area contributed by atoms with Gasteiger partial charge in [0.05, 0.1) is 6.33 Å². The summed E-state index contributed by atoms with van der Waals surface area (Å²) < 4.78 is 2.01. The van der Waals surface area contributed by atoms with Gasteiger partial charge in [0, 0.05) is 50.0 Å². The highest BCUT2D eigenvalue weighted by atomic mass is 16.2. The zero-order chi connectivity index (χ0) is 18.2. The molecule has 0 saturated heterocycles. The summed E-state index contributed by atoms with van der Waals surface area (Å²) in [5.74, 6) is 0. The molecule has 0 spiro atoms. The van der Waals surface area contributed by atoms with Crippen molar-refractivity contribution < 1.29 is 4.79 Å². The second-order valence-corrected chi connectivity index (χ2v) is 7.10. The summed E-state index contributed by atoms with van der Waals surface area (Å²) in [6, 6.07) is 4.41. The molecule has 1 aliphatic rings. The van der Waals surface area contributed by atoms with E-state index in [1.807, 2.05) is 34.0 Å². The van der Waals surface area contributed by atoms with Crippen LogP contribution in [0.2, 0.25) is 0 Å². The molecule has 2 aromatic rings. The van der Waals surface area contributed by atoms with E-state index in [9.17, 15) is 4.79 Å². The first-order chi connectivity index (χ1) is 12.8. The fourth-order valence-electron chi connectivity index (χ4n) is 3.63. The Kier molecular flexibility index (Phi) is 6.63. The van der Waals surface area contributed by atoms with Crippen LogP contribution in [-0.2, 0) is 13.1 Å². The Labute approximate surface area is 155 Å². The molecule has 0 aromatic carbocycles. The molecule has 6 heteroatoms. The standard InChI is InChI=1S/C20H29N5O/c1-2-18(15-24-12-11-22-16-24)23-20(26)25(19-8-4-3-5-9-19)14-17-7-6-10-21-13-17/h6-7,10-13,16,18-19H,2-5,8-9,14-15H2,1H3,(H,23,26). The molecule has 1 fully saturated rings. The summed E-state index contributed by atoms with van der Waals surface area (Å²) in [7, 11) is 0. The quantitative estimate of drug-likeness (QED) is 0.825. The number of rotatable bonds is 7.